The van der Waals surface area contributed by atoms with Crippen molar-refractivity contribution < 1.29 is 14.6 Å². The Balaban J connectivity index is 2.63. The van der Waals surface area contributed by atoms with Gasteiger partial charge in [-0.05, 0) is 24.0 Å². The fourth-order valence-corrected chi connectivity index (χ4v) is 2.53. The van der Waals surface area contributed by atoms with E-state index in [1.165, 1.54) is 10.9 Å². The maximum absolute atomic E-state index is 9.04. The Morgan fingerprint density at radius 1 is 1.15 bits per heavy atom. The lowest BCUT2D eigenvalue weighted by molar-refractivity contribution is 0.280. The summed E-state index contributed by atoms with van der Waals surface area (Å²) < 4.78 is 13.0. The van der Waals surface area contributed by atoms with E-state index in [1.54, 1.807) is 14.2 Å². The van der Waals surface area contributed by atoms with Gasteiger partial charge in [0.25, 0.3) is 0 Å². The minimum absolute atomic E-state index is 0.198. The number of aryl methyl sites for hydroxylation is 1. The van der Waals surface area contributed by atoms with Crippen molar-refractivity contribution in [3.63, 3.8) is 0 Å². The lowest BCUT2D eigenvalue weighted by Gasteiger charge is -2.10. The van der Waals surface area contributed by atoms with Gasteiger partial charge < -0.3 is 19.1 Å². The topological polar surface area (TPSA) is 43.6 Å². The van der Waals surface area contributed by atoms with Crippen LogP contribution < -0.4 is 9.47 Å². The van der Waals surface area contributed by atoms with E-state index < -0.39 is 0 Å². The molecule has 1 N–H and O–H groups in total. The standard InChI is InChI=1S/C16H23NO3/c1-11(2)13-10-17(6-5-7-18)14-9-16(20-4)15(19-3)8-12(13)14/h8-11,18H,5-7H2,1-4H3. The Labute approximate surface area is 119 Å². The maximum Gasteiger partial charge on any atom is 0.162 e. The highest BCUT2D eigenvalue weighted by molar-refractivity contribution is 5.88. The molecule has 2 rings (SSSR count). The third-order valence-corrected chi connectivity index (χ3v) is 3.60. The van der Waals surface area contributed by atoms with Crippen LogP contribution in [-0.2, 0) is 6.54 Å². The quantitative estimate of drug-likeness (QED) is 0.882. The van der Waals surface area contributed by atoms with E-state index in [-0.39, 0.29) is 6.61 Å². The van der Waals surface area contributed by atoms with Crippen LogP contribution in [0.2, 0.25) is 0 Å². The molecule has 0 saturated carbocycles. The molecule has 0 atom stereocenters. The van der Waals surface area contributed by atoms with Crippen molar-refractivity contribution >= 4 is 10.9 Å². The third-order valence-electron chi connectivity index (χ3n) is 3.60. The van der Waals surface area contributed by atoms with Gasteiger partial charge in [0.2, 0.25) is 0 Å². The van der Waals surface area contributed by atoms with Crippen LogP contribution in [0.25, 0.3) is 10.9 Å². The number of nitrogens with zero attached hydrogens (tertiary/aromatic N) is 1. The monoisotopic (exact) mass is 277 g/mol. The number of methoxy groups -OCH3 is 2. The van der Waals surface area contributed by atoms with Gasteiger partial charge in [-0.15, -0.1) is 0 Å². The summed E-state index contributed by atoms with van der Waals surface area (Å²) in [4.78, 5) is 0. The molecule has 20 heavy (non-hydrogen) atoms. The van der Waals surface area contributed by atoms with Crippen molar-refractivity contribution in [2.24, 2.45) is 0 Å². The van der Waals surface area contributed by atoms with Gasteiger partial charge in [-0.25, -0.2) is 0 Å². The normalized spacial score (nSPS) is 11.3. The predicted octanol–water partition coefficient (Wildman–Crippen LogP) is 3.16. The molecule has 0 radical (unpaired) electrons. The van der Waals surface area contributed by atoms with Crippen LogP contribution in [0.15, 0.2) is 18.3 Å². The van der Waals surface area contributed by atoms with Crippen LogP contribution in [0.5, 0.6) is 11.5 Å². The molecule has 4 nitrogen and oxygen atoms in total. The van der Waals surface area contributed by atoms with Gasteiger partial charge in [-0.3, -0.25) is 0 Å². The zero-order valence-electron chi connectivity index (χ0n) is 12.6. The van der Waals surface area contributed by atoms with Gasteiger partial charge in [0, 0.05) is 30.8 Å². The highest BCUT2D eigenvalue weighted by Crippen LogP contribution is 2.36. The Hall–Kier alpha value is -1.68. The number of hydrogen-bond donors (Lipinski definition) is 1. The van der Waals surface area contributed by atoms with Gasteiger partial charge in [0.15, 0.2) is 11.5 Å². The van der Waals surface area contributed by atoms with E-state index in [0.29, 0.717) is 5.92 Å². The second-order valence-electron chi connectivity index (χ2n) is 5.23. The van der Waals surface area contributed by atoms with Crippen LogP contribution >= 0.6 is 0 Å². The number of aromatic nitrogens is 1. The highest BCUT2D eigenvalue weighted by Gasteiger charge is 2.15. The van der Waals surface area contributed by atoms with E-state index >= 15 is 0 Å². The summed E-state index contributed by atoms with van der Waals surface area (Å²) in [6.07, 6.45) is 2.92. The molecular weight excluding hydrogens is 254 g/mol. The zero-order valence-corrected chi connectivity index (χ0v) is 12.6. The van der Waals surface area contributed by atoms with Crippen molar-refractivity contribution in [2.75, 3.05) is 20.8 Å². The molecule has 110 valence electrons. The van der Waals surface area contributed by atoms with Crippen molar-refractivity contribution in [2.45, 2.75) is 32.7 Å². The van der Waals surface area contributed by atoms with Crippen molar-refractivity contribution in [3.8, 4) is 11.5 Å². The van der Waals surface area contributed by atoms with E-state index in [1.807, 2.05) is 12.1 Å². The second kappa shape index (κ2) is 6.18. The molecule has 1 aromatic carbocycles. The van der Waals surface area contributed by atoms with Gasteiger partial charge in [-0.2, -0.15) is 0 Å². The molecule has 0 spiro atoms. The van der Waals surface area contributed by atoms with Crippen molar-refractivity contribution in [3.05, 3.63) is 23.9 Å². The van der Waals surface area contributed by atoms with Gasteiger partial charge >= 0.3 is 0 Å². The molecule has 0 bridgehead atoms. The largest absolute Gasteiger partial charge is 0.493 e. The summed E-state index contributed by atoms with van der Waals surface area (Å²) >= 11 is 0. The molecule has 4 heteroatoms. The fourth-order valence-electron chi connectivity index (χ4n) is 2.53. The Kier molecular flexibility index (Phi) is 4.55. The number of hydrogen-bond acceptors (Lipinski definition) is 3. The van der Waals surface area contributed by atoms with Crippen LogP contribution in [0, 0.1) is 0 Å². The molecule has 0 aliphatic rings. The smallest absolute Gasteiger partial charge is 0.162 e. The molecule has 0 amide bonds. The first-order valence-corrected chi connectivity index (χ1v) is 6.98. The molecule has 1 aromatic heterocycles. The molecule has 0 aliphatic heterocycles. The van der Waals surface area contributed by atoms with E-state index in [9.17, 15) is 0 Å². The Morgan fingerprint density at radius 3 is 2.35 bits per heavy atom. The van der Waals surface area contributed by atoms with Gasteiger partial charge in [-0.1, -0.05) is 13.8 Å². The van der Waals surface area contributed by atoms with Crippen LogP contribution in [0.1, 0.15) is 31.7 Å². The number of aliphatic hydroxyl groups is 1. The summed E-state index contributed by atoms with van der Waals surface area (Å²) in [7, 11) is 3.30. The lowest BCUT2D eigenvalue weighted by Crippen LogP contribution is -1.99. The zero-order chi connectivity index (χ0) is 14.7. The number of aliphatic hydroxyl groups excluding tert-OH is 1. The van der Waals surface area contributed by atoms with E-state index in [2.05, 4.69) is 24.6 Å². The van der Waals surface area contributed by atoms with Crippen LogP contribution in [0.3, 0.4) is 0 Å². The minimum Gasteiger partial charge on any atom is -0.493 e. The summed E-state index contributed by atoms with van der Waals surface area (Å²) in [5, 5.41) is 10.2. The number of ether oxygens (including phenoxy) is 2. The molecule has 0 saturated heterocycles. The van der Waals surface area contributed by atoms with E-state index in [0.717, 1.165) is 30.0 Å². The Morgan fingerprint density at radius 2 is 1.80 bits per heavy atom. The first kappa shape index (κ1) is 14.7. The summed E-state index contributed by atoms with van der Waals surface area (Å²) in [6.45, 7) is 5.36. The van der Waals surface area contributed by atoms with Crippen LogP contribution in [-0.4, -0.2) is 30.5 Å². The minimum atomic E-state index is 0.198. The Bertz CT molecular complexity index is 587. The number of rotatable bonds is 6. The number of benzene rings is 1. The lowest BCUT2D eigenvalue weighted by atomic mass is 10.0. The summed E-state index contributed by atoms with van der Waals surface area (Å²) in [5.41, 5.74) is 2.42. The predicted molar refractivity (Wildman–Crippen MR) is 80.8 cm³/mol. The molecule has 0 aliphatic carbocycles. The van der Waals surface area contributed by atoms with Gasteiger partial charge in [0.05, 0.1) is 19.7 Å². The molecule has 0 unspecified atom stereocenters. The molecule has 2 aromatic rings. The molecule has 0 fully saturated rings. The SMILES string of the molecule is COc1cc2c(C(C)C)cn(CCCO)c2cc1OC. The van der Waals surface area contributed by atoms with E-state index in [4.69, 9.17) is 14.6 Å². The molecule has 1 heterocycles. The second-order valence-corrected chi connectivity index (χ2v) is 5.23. The van der Waals surface area contributed by atoms with Crippen LogP contribution in [0.4, 0.5) is 0 Å². The average molecular weight is 277 g/mol. The molecular formula is C16H23NO3. The average Bonchev–Trinajstić information content (AvgIpc) is 2.81. The number of fused-ring (bicyclic) bond motifs is 1. The highest BCUT2D eigenvalue weighted by atomic mass is 16.5. The summed E-state index contributed by atoms with van der Waals surface area (Å²) in [5.74, 6) is 1.92. The first-order valence-electron chi connectivity index (χ1n) is 6.98. The van der Waals surface area contributed by atoms with Crippen molar-refractivity contribution in [1.82, 2.24) is 4.57 Å². The van der Waals surface area contributed by atoms with Gasteiger partial charge in [0.1, 0.15) is 0 Å². The van der Waals surface area contributed by atoms with Crippen molar-refractivity contribution in [1.29, 1.82) is 0 Å². The third kappa shape index (κ3) is 2.61. The maximum atomic E-state index is 9.04. The first-order chi connectivity index (χ1) is 9.62. The fraction of sp³-hybridized carbons (Fsp3) is 0.500. The summed E-state index contributed by atoms with van der Waals surface area (Å²) in [6, 6.07) is 4.05.